The van der Waals surface area contributed by atoms with E-state index in [2.05, 4.69) is 21.9 Å². The number of alkyl halides is 3. The van der Waals surface area contributed by atoms with E-state index in [0.29, 0.717) is 39.3 Å². The summed E-state index contributed by atoms with van der Waals surface area (Å²) in [7, 11) is 1.80. The highest BCUT2D eigenvalue weighted by molar-refractivity contribution is 5.72. The van der Waals surface area contributed by atoms with Gasteiger partial charge in [0.2, 0.25) is 0 Å². The molecule has 0 saturated carbocycles. The second kappa shape index (κ2) is 10.1. The molecule has 1 heterocycles. The lowest BCUT2D eigenvalue weighted by Crippen LogP contribution is -2.45. The molecule has 0 aliphatic rings. The molecule has 0 saturated heterocycles. The summed E-state index contributed by atoms with van der Waals surface area (Å²) in [6.45, 7) is -0.0490. The first kappa shape index (κ1) is 25.3. The Labute approximate surface area is 210 Å². The molecule has 0 bridgehead atoms. The molecular weight excluding hydrogens is 483 g/mol. The third-order valence-electron chi connectivity index (χ3n) is 5.77. The smallest absolute Gasteiger partial charge is 0.490 e. The van der Waals surface area contributed by atoms with Crippen molar-refractivity contribution in [1.29, 1.82) is 10.5 Å². The van der Waals surface area contributed by atoms with Gasteiger partial charge in [0.25, 0.3) is 0 Å². The minimum Gasteiger partial charge on any atom is -0.490 e. The Hall–Kier alpha value is -4.80. The van der Waals surface area contributed by atoms with E-state index in [0.717, 1.165) is 0 Å². The molecule has 2 N–H and O–H groups in total. The van der Waals surface area contributed by atoms with Gasteiger partial charge in [-0.25, -0.2) is 4.98 Å². The second-order valence-corrected chi connectivity index (χ2v) is 8.23. The molecular formula is C27H20F3N5O2. The van der Waals surface area contributed by atoms with E-state index >= 15 is 0 Å². The van der Waals surface area contributed by atoms with Gasteiger partial charge in [0.05, 0.1) is 41.5 Å². The first-order valence-corrected chi connectivity index (χ1v) is 10.9. The van der Waals surface area contributed by atoms with Crippen LogP contribution in [-0.2, 0) is 12.6 Å². The first-order chi connectivity index (χ1) is 17.6. The van der Waals surface area contributed by atoms with Crippen LogP contribution in [0.5, 0.6) is 11.5 Å². The van der Waals surface area contributed by atoms with Crippen LogP contribution in [0.1, 0.15) is 22.4 Å². The van der Waals surface area contributed by atoms with Crippen molar-refractivity contribution < 1.29 is 22.6 Å². The van der Waals surface area contributed by atoms with Gasteiger partial charge >= 0.3 is 6.36 Å². The highest BCUT2D eigenvalue weighted by Gasteiger charge is 2.34. The fraction of sp³-hybridized carbons (Fsp3) is 0.148. The predicted molar refractivity (Wildman–Crippen MR) is 128 cm³/mol. The first-order valence-electron chi connectivity index (χ1n) is 10.9. The summed E-state index contributed by atoms with van der Waals surface area (Å²) in [5.41, 5.74) is 8.89. The number of imidazole rings is 1. The summed E-state index contributed by atoms with van der Waals surface area (Å²) in [6.07, 6.45) is -1.57. The van der Waals surface area contributed by atoms with Crippen LogP contribution in [0, 0.1) is 22.7 Å². The minimum atomic E-state index is -4.81. The molecule has 1 atom stereocenters. The molecule has 186 valence electrons. The summed E-state index contributed by atoms with van der Waals surface area (Å²) in [5.74, 6) is 0.00211. The fourth-order valence-corrected chi connectivity index (χ4v) is 3.91. The average molecular weight is 503 g/mol. The molecule has 1 unspecified atom stereocenters. The summed E-state index contributed by atoms with van der Waals surface area (Å²) in [6, 6.07) is 21.0. The van der Waals surface area contributed by atoms with Crippen LogP contribution < -0.4 is 15.2 Å². The standard InChI is InChI=1S/C27H20F3N5O2/c1-35-17-34-15-25(35)26(33,21-7-2-18(13-31)3-8-21)16-36-24-11-4-19(14-32)12-23(24)20-5-9-22(10-6-20)37-27(28,29)30/h2-12,15,17H,16,33H2,1H3. The molecule has 37 heavy (non-hydrogen) atoms. The van der Waals surface area contributed by atoms with Crippen molar-refractivity contribution in [1.82, 2.24) is 9.55 Å². The van der Waals surface area contributed by atoms with E-state index in [4.69, 9.17) is 15.7 Å². The summed E-state index contributed by atoms with van der Waals surface area (Å²) in [4.78, 5) is 4.17. The molecule has 0 spiro atoms. The molecule has 0 aliphatic carbocycles. The van der Waals surface area contributed by atoms with Crippen LogP contribution in [-0.4, -0.2) is 22.5 Å². The maximum atomic E-state index is 12.6. The predicted octanol–water partition coefficient (Wildman–Crippen LogP) is 5.01. The lowest BCUT2D eigenvalue weighted by Gasteiger charge is -2.31. The molecule has 4 rings (SSSR count). The maximum absolute atomic E-state index is 12.6. The number of nitriles is 2. The Morgan fingerprint density at radius 3 is 2.16 bits per heavy atom. The highest BCUT2D eigenvalue weighted by atomic mass is 19.4. The van der Waals surface area contributed by atoms with Crippen LogP contribution in [0.3, 0.4) is 0 Å². The fourth-order valence-electron chi connectivity index (χ4n) is 3.91. The molecule has 4 aromatic rings. The van der Waals surface area contributed by atoms with Crippen molar-refractivity contribution in [2.45, 2.75) is 11.9 Å². The molecule has 7 nitrogen and oxygen atoms in total. The van der Waals surface area contributed by atoms with Gasteiger partial charge in [-0.05, 0) is 53.6 Å². The average Bonchev–Trinajstić information content (AvgIpc) is 3.33. The van der Waals surface area contributed by atoms with Crippen LogP contribution >= 0.6 is 0 Å². The van der Waals surface area contributed by atoms with Crippen molar-refractivity contribution in [2.75, 3.05) is 6.61 Å². The van der Waals surface area contributed by atoms with Gasteiger partial charge in [-0.1, -0.05) is 24.3 Å². The van der Waals surface area contributed by atoms with E-state index in [1.807, 2.05) is 0 Å². The number of ether oxygens (including phenoxy) is 2. The molecule has 0 aliphatic heterocycles. The number of benzene rings is 3. The molecule has 0 radical (unpaired) electrons. The molecule has 0 fully saturated rings. The number of aromatic nitrogens is 2. The van der Waals surface area contributed by atoms with Crippen LogP contribution in [0.4, 0.5) is 13.2 Å². The van der Waals surface area contributed by atoms with Crippen LogP contribution in [0.25, 0.3) is 11.1 Å². The van der Waals surface area contributed by atoms with Crippen molar-refractivity contribution in [2.24, 2.45) is 12.8 Å². The second-order valence-electron chi connectivity index (χ2n) is 8.23. The number of nitrogens with zero attached hydrogens (tertiary/aromatic N) is 4. The monoisotopic (exact) mass is 503 g/mol. The van der Waals surface area contributed by atoms with E-state index in [1.54, 1.807) is 66.6 Å². The number of hydrogen-bond donors (Lipinski definition) is 1. The van der Waals surface area contributed by atoms with E-state index in [-0.39, 0.29) is 12.4 Å². The van der Waals surface area contributed by atoms with Gasteiger partial charge in [-0.15, -0.1) is 13.2 Å². The lowest BCUT2D eigenvalue weighted by molar-refractivity contribution is -0.274. The number of hydrogen-bond acceptors (Lipinski definition) is 6. The lowest BCUT2D eigenvalue weighted by atomic mass is 9.88. The number of aryl methyl sites for hydroxylation is 1. The van der Waals surface area contributed by atoms with Crippen LogP contribution in [0.2, 0.25) is 0 Å². The topological polar surface area (TPSA) is 110 Å². The van der Waals surface area contributed by atoms with Gasteiger partial charge < -0.3 is 19.8 Å². The number of nitrogens with two attached hydrogens (primary N) is 1. The molecule has 1 aromatic heterocycles. The van der Waals surface area contributed by atoms with Crippen LogP contribution in [0.15, 0.2) is 79.3 Å². The SMILES string of the molecule is Cn1cncc1C(N)(COc1ccc(C#N)cc1-c1ccc(OC(F)(F)F)cc1)c1ccc(C#N)cc1. The molecule has 3 aromatic carbocycles. The molecule has 10 heteroatoms. The third kappa shape index (κ3) is 5.56. The zero-order valence-electron chi connectivity index (χ0n) is 19.5. The number of rotatable bonds is 7. The van der Waals surface area contributed by atoms with E-state index in [1.165, 1.54) is 24.3 Å². The van der Waals surface area contributed by atoms with Gasteiger partial charge in [0, 0.05) is 12.6 Å². The third-order valence-corrected chi connectivity index (χ3v) is 5.77. The molecule has 0 amide bonds. The highest BCUT2D eigenvalue weighted by Crippen LogP contribution is 2.35. The largest absolute Gasteiger partial charge is 0.573 e. The zero-order valence-corrected chi connectivity index (χ0v) is 19.5. The van der Waals surface area contributed by atoms with Crippen molar-refractivity contribution in [3.05, 3.63) is 102 Å². The van der Waals surface area contributed by atoms with Crippen molar-refractivity contribution in [3.8, 4) is 34.8 Å². The minimum absolute atomic E-state index is 0.0490. The van der Waals surface area contributed by atoms with E-state index < -0.39 is 11.9 Å². The summed E-state index contributed by atoms with van der Waals surface area (Å²) in [5, 5.41) is 18.5. The summed E-state index contributed by atoms with van der Waals surface area (Å²) >= 11 is 0. The zero-order chi connectivity index (χ0) is 26.6. The van der Waals surface area contributed by atoms with Gasteiger partial charge in [0.15, 0.2) is 0 Å². The van der Waals surface area contributed by atoms with E-state index in [9.17, 15) is 18.4 Å². The number of halogens is 3. The Morgan fingerprint density at radius 1 is 0.946 bits per heavy atom. The maximum Gasteiger partial charge on any atom is 0.573 e. The Balaban J connectivity index is 1.70. The van der Waals surface area contributed by atoms with Crippen molar-refractivity contribution in [3.63, 3.8) is 0 Å². The van der Waals surface area contributed by atoms with Gasteiger partial charge in [-0.3, -0.25) is 0 Å². The summed E-state index contributed by atoms with van der Waals surface area (Å²) < 4.78 is 49.6. The quantitative estimate of drug-likeness (QED) is 0.380. The Bertz CT molecular complexity index is 1480. The van der Waals surface area contributed by atoms with Crippen molar-refractivity contribution >= 4 is 0 Å². The normalized spacial score (nSPS) is 12.7. The van der Waals surface area contributed by atoms with Gasteiger partial charge in [-0.2, -0.15) is 10.5 Å². The van der Waals surface area contributed by atoms with Gasteiger partial charge in [0.1, 0.15) is 23.6 Å². The Kier molecular flexibility index (Phi) is 6.87. The Morgan fingerprint density at radius 2 is 1.59 bits per heavy atom.